The van der Waals surface area contributed by atoms with E-state index in [-0.39, 0.29) is 11.9 Å². The summed E-state index contributed by atoms with van der Waals surface area (Å²) in [4.78, 5) is 17.2. The minimum atomic E-state index is -0.552. The fourth-order valence-electron chi connectivity index (χ4n) is 3.97. The molecule has 1 saturated heterocycles. The lowest BCUT2D eigenvalue weighted by Crippen LogP contribution is -2.70. The molecular formula is C26H28N2O4. The van der Waals surface area contributed by atoms with Gasteiger partial charge in [0.15, 0.2) is 6.10 Å². The molecule has 0 aliphatic carbocycles. The van der Waals surface area contributed by atoms with Crippen molar-refractivity contribution in [2.45, 2.75) is 18.7 Å². The van der Waals surface area contributed by atoms with Gasteiger partial charge in [0.1, 0.15) is 17.2 Å². The molecular weight excluding hydrogens is 404 g/mol. The Morgan fingerprint density at radius 2 is 1.38 bits per heavy atom. The van der Waals surface area contributed by atoms with E-state index in [1.165, 1.54) is 5.56 Å². The summed E-state index contributed by atoms with van der Waals surface area (Å²) < 4.78 is 16.6. The van der Waals surface area contributed by atoms with Crippen molar-refractivity contribution in [1.82, 2.24) is 4.90 Å². The first-order chi connectivity index (χ1) is 15.6. The molecule has 1 aliphatic heterocycles. The van der Waals surface area contributed by atoms with Crippen LogP contribution in [-0.2, 0) is 11.3 Å². The average Bonchev–Trinajstić information content (AvgIpc) is 2.83. The van der Waals surface area contributed by atoms with E-state index in [4.69, 9.17) is 14.2 Å². The minimum Gasteiger partial charge on any atom is -0.497 e. The molecule has 0 aromatic heterocycles. The first-order valence-corrected chi connectivity index (χ1v) is 10.6. The molecule has 32 heavy (non-hydrogen) atoms. The zero-order chi connectivity index (χ0) is 22.5. The van der Waals surface area contributed by atoms with Crippen LogP contribution in [0.4, 0.5) is 5.69 Å². The lowest BCUT2D eigenvalue weighted by atomic mass is 9.95. The van der Waals surface area contributed by atoms with Crippen molar-refractivity contribution in [2.75, 3.05) is 32.7 Å². The molecule has 6 heteroatoms. The number of carbonyl (C=O) groups is 1. The van der Waals surface area contributed by atoms with Crippen LogP contribution in [0, 0.1) is 0 Å². The molecule has 0 N–H and O–H groups in total. The Morgan fingerprint density at radius 3 is 1.97 bits per heavy atom. The number of carbonyl (C=O) groups excluding carboxylic acids is 1. The predicted molar refractivity (Wildman–Crippen MR) is 124 cm³/mol. The van der Waals surface area contributed by atoms with E-state index in [2.05, 4.69) is 24.1 Å². The minimum absolute atomic E-state index is 0.0518. The molecule has 0 spiro atoms. The first-order valence-electron chi connectivity index (χ1n) is 10.6. The van der Waals surface area contributed by atoms with Crippen molar-refractivity contribution in [3.8, 4) is 17.2 Å². The normalized spacial score (nSPS) is 17.8. The standard InChI is InChI=1S/C26H28N2O4/c1-27(17-19-7-5-4-6-8-19)18-24-25(32-23-15-13-22(31-3)14-16-23)26(29)28(24)20-9-11-21(30-2)12-10-20/h4-16,24-25H,17-18H2,1-3H3/t24-,25+/m1/s1. The Morgan fingerprint density at radius 1 is 0.812 bits per heavy atom. The van der Waals surface area contributed by atoms with E-state index >= 15 is 0 Å². The van der Waals surface area contributed by atoms with Gasteiger partial charge in [-0.1, -0.05) is 30.3 Å². The smallest absolute Gasteiger partial charge is 0.270 e. The second kappa shape index (κ2) is 9.75. The van der Waals surface area contributed by atoms with Gasteiger partial charge >= 0.3 is 0 Å². The van der Waals surface area contributed by atoms with Gasteiger partial charge in [-0.2, -0.15) is 0 Å². The Kier molecular flexibility index (Phi) is 6.61. The van der Waals surface area contributed by atoms with Crippen LogP contribution in [0.5, 0.6) is 17.2 Å². The Hall–Kier alpha value is -3.51. The van der Waals surface area contributed by atoms with Crippen LogP contribution in [0.25, 0.3) is 0 Å². The fraction of sp³-hybridized carbons (Fsp3) is 0.269. The van der Waals surface area contributed by atoms with Crippen molar-refractivity contribution in [1.29, 1.82) is 0 Å². The lowest BCUT2D eigenvalue weighted by Gasteiger charge is -2.47. The maximum Gasteiger partial charge on any atom is 0.270 e. The molecule has 0 radical (unpaired) electrons. The second-order valence-corrected chi connectivity index (χ2v) is 7.87. The highest BCUT2D eigenvalue weighted by molar-refractivity contribution is 6.05. The van der Waals surface area contributed by atoms with Gasteiger partial charge in [0, 0.05) is 18.8 Å². The Labute approximate surface area is 188 Å². The maximum atomic E-state index is 13.1. The van der Waals surface area contributed by atoms with Crippen LogP contribution in [0.2, 0.25) is 0 Å². The third-order valence-electron chi connectivity index (χ3n) is 5.63. The van der Waals surface area contributed by atoms with Crippen LogP contribution in [0.15, 0.2) is 78.9 Å². The van der Waals surface area contributed by atoms with E-state index in [1.807, 2.05) is 71.6 Å². The molecule has 1 aliphatic rings. The number of likely N-dealkylation sites (N-methyl/N-ethyl adjacent to an activating group) is 1. The lowest BCUT2D eigenvalue weighted by molar-refractivity contribution is -0.135. The zero-order valence-electron chi connectivity index (χ0n) is 18.6. The molecule has 166 valence electrons. The van der Waals surface area contributed by atoms with E-state index in [0.29, 0.717) is 12.3 Å². The van der Waals surface area contributed by atoms with E-state index in [0.717, 1.165) is 23.7 Å². The van der Waals surface area contributed by atoms with E-state index in [9.17, 15) is 4.79 Å². The number of ether oxygens (including phenoxy) is 3. The van der Waals surface area contributed by atoms with E-state index < -0.39 is 6.10 Å². The Bertz CT molecular complexity index is 1020. The number of methoxy groups -OCH3 is 2. The van der Waals surface area contributed by atoms with Gasteiger partial charge in [-0.25, -0.2) is 0 Å². The summed E-state index contributed by atoms with van der Waals surface area (Å²) in [6.45, 7) is 1.46. The number of β-lactam (4-membered cyclic amide) rings is 1. The van der Waals surface area contributed by atoms with Gasteiger partial charge in [-0.3, -0.25) is 9.69 Å². The summed E-state index contributed by atoms with van der Waals surface area (Å²) in [5.41, 5.74) is 2.06. The number of hydrogen-bond acceptors (Lipinski definition) is 5. The van der Waals surface area contributed by atoms with Gasteiger partial charge in [-0.15, -0.1) is 0 Å². The molecule has 0 bridgehead atoms. The monoisotopic (exact) mass is 432 g/mol. The van der Waals surface area contributed by atoms with Gasteiger partial charge in [-0.05, 0) is 61.1 Å². The third kappa shape index (κ3) is 4.70. The van der Waals surface area contributed by atoms with Crippen LogP contribution in [-0.4, -0.2) is 50.8 Å². The zero-order valence-corrected chi connectivity index (χ0v) is 18.6. The van der Waals surface area contributed by atoms with Gasteiger partial charge < -0.3 is 19.1 Å². The first kappa shape index (κ1) is 21.7. The number of nitrogens with zero attached hydrogens (tertiary/aromatic N) is 2. The largest absolute Gasteiger partial charge is 0.497 e. The highest BCUT2D eigenvalue weighted by Gasteiger charge is 2.50. The van der Waals surface area contributed by atoms with Gasteiger partial charge in [0.2, 0.25) is 0 Å². The topological polar surface area (TPSA) is 51.2 Å². The van der Waals surface area contributed by atoms with Crippen molar-refractivity contribution in [2.24, 2.45) is 0 Å². The molecule has 1 heterocycles. The van der Waals surface area contributed by atoms with Crippen LogP contribution in [0.3, 0.4) is 0 Å². The fourth-order valence-corrected chi connectivity index (χ4v) is 3.97. The number of hydrogen-bond donors (Lipinski definition) is 0. The SMILES string of the molecule is COc1ccc(O[C@@H]2C(=O)N(c3ccc(OC)cc3)[C@@H]2CN(C)Cc2ccccc2)cc1. The average molecular weight is 433 g/mol. The summed E-state index contributed by atoms with van der Waals surface area (Å²) in [7, 11) is 5.31. The highest BCUT2D eigenvalue weighted by atomic mass is 16.5. The van der Waals surface area contributed by atoms with Crippen molar-refractivity contribution in [3.63, 3.8) is 0 Å². The molecule has 3 aromatic rings. The number of rotatable bonds is 9. The van der Waals surface area contributed by atoms with Crippen LogP contribution in [0.1, 0.15) is 5.56 Å². The molecule has 4 rings (SSSR count). The summed E-state index contributed by atoms with van der Waals surface area (Å²) in [5, 5.41) is 0. The summed E-state index contributed by atoms with van der Waals surface area (Å²) in [6, 6.07) is 25.0. The predicted octanol–water partition coefficient (Wildman–Crippen LogP) is 4.00. The molecule has 3 aromatic carbocycles. The van der Waals surface area contributed by atoms with Gasteiger partial charge in [0.25, 0.3) is 5.91 Å². The molecule has 2 atom stereocenters. The summed E-state index contributed by atoms with van der Waals surface area (Å²) >= 11 is 0. The highest BCUT2D eigenvalue weighted by Crippen LogP contribution is 2.33. The van der Waals surface area contributed by atoms with Gasteiger partial charge in [0.05, 0.1) is 20.3 Å². The van der Waals surface area contributed by atoms with Crippen LogP contribution < -0.4 is 19.1 Å². The molecule has 0 saturated carbocycles. The second-order valence-electron chi connectivity index (χ2n) is 7.87. The quantitative estimate of drug-likeness (QED) is 0.479. The number of anilines is 1. The summed E-state index contributed by atoms with van der Waals surface area (Å²) in [5.74, 6) is 2.10. The number of benzene rings is 3. The maximum absolute atomic E-state index is 13.1. The molecule has 6 nitrogen and oxygen atoms in total. The Balaban J connectivity index is 1.52. The van der Waals surface area contributed by atoms with Crippen LogP contribution >= 0.6 is 0 Å². The molecule has 1 amide bonds. The number of amides is 1. The van der Waals surface area contributed by atoms with Crippen molar-refractivity contribution >= 4 is 11.6 Å². The van der Waals surface area contributed by atoms with E-state index in [1.54, 1.807) is 14.2 Å². The van der Waals surface area contributed by atoms with Crippen molar-refractivity contribution in [3.05, 3.63) is 84.4 Å². The third-order valence-corrected chi connectivity index (χ3v) is 5.63. The van der Waals surface area contributed by atoms with Crippen molar-refractivity contribution < 1.29 is 19.0 Å². The molecule has 1 fully saturated rings. The molecule has 0 unspecified atom stereocenters. The summed E-state index contributed by atoms with van der Waals surface area (Å²) in [6.07, 6.45) is -0.552.